The van der Waals surface area contributed by atoms with E-state index >= 15 is 0 Å². The molecule has 1 aromatic heterocycles. The summed E-state index contributed by atoms with van der Waals surface area (Å²) >= 11 is 11.9. The molecule has 1 heterocycles. The fraction of sp³-hybridized carbons (Fsp3) is 0. The van der Waals surface area contributed by atoms with Gasteiger partial charge in [-0.15, -0.1) is 0 Å². The number of anilines is 1. The lowest BCUT2D eigenvalue weighted by atomic mass is 10.1. The van der Waals surface area contributed by atoms with E-state index in [1.807, 2.05) is 12.1 Å². The molecule has 0 aliphatic carbocycles. The molecule has 2 rings (SSSR count). The van der Waals surface area contributed by atoms with Crippen LogP contribution >= 0.6 is 23.2 Å². The molecule has 1 aromatic carbocycles. The average molecular weight is 240 g/mol. The molecule has 2 aromatic rings. The summed E-state index contributed by atoms with van der Waals surface area (Å²) in [5.41, 5.74) is 6.99. The van der Waals surface area contributed by atoms with Gasteiger partial charge in [0.05, 0.1) is 5.69 Å². The number of nitrogen functional groups attached to an aromatic ring is 1. The van der Waals surface area contributed by atoms with Crippen LogP contribution in [0.25, 0.3) is 11.3 Å². The Hall–Kier alpha value is -1.32. The highest BCUT2D eigenvalue weighted by molar-refractivity contribution is 6.35. The van der Waals surface area contributed by atoms with Crippen molar-refractivity contribution in [3.05, 3.63) is 40.6 Å². The Morgan fingerprint density at radius 1 is 1.13 bits per heavy atom. The van der Waals surface area contributed by atoms with Gasteiger partial charge in [-0.1, -0.05) is 35.3 Å². The summed E-state index contributed by atoms with van der Waals surface area (Å²) in [6.07, 6.45) is 1.37. The number of benzene rings is 1. The topological polar surface area (TPSA) is 51.8 Å². The van der Waals surface area contributed by atoms with Crippen LogP contribution in [-0.4, -0.2) is 9.97 Å². The molecule has 0 saturated carbocycles. The van der Waals surface area contributed by atoms with Crippen molar-refractivity contribution in [1.82, 2.24) is 9.97 Å². The van der Waals surface area contributed by atoms with Crippen LogP contribution < -0.4 is 5.73 Å². The molecular formula is C10H7Cl2N3. The highest BCUT2D eigenvalue weighted by atomic mass is 35.5. The van der Waals surface area contributed by atoms with E-state index in [1.54, 1.807) is 12.1 Å². The molecule has 0 radical (unpaired) electrons. The lowest BCUT2D eigenvalue weighted by Crippen LogP contribution is -1.95. The SMILES string of the molecule is Nc1ncnc(-c2cccc(Cl)c2)c1Cl. The van der Waals surface area contributed by atoms with Crippen LogP contribution in [0.3, 0.4) is 0 Å². The van der Waals surface area contributed by atoms with Gasteiger partial charge in [0.2, 0.25) is 0 Å². The van der Waals surface area contributed by atoms with Gasteiger partial charge in [-0.05, 0) is 12.1 Å². The standard InChI is InChI=1S/C10H7Cl2N3/c11-7-3-1-2-6(4-7)9-8(12)10(13)15-5-14-9/h1-5H,(H2,13,14,15). The molecule has 0 aliphatic rings. The van der Waals surface area contributed by atoms with Crippen LogP contribution in [-0.2, 0) is 0 Å². The monoisotopic (exact) mass is 239 g/mol. The summed E-state index contributed by atoms with van der Waals surface area (Å²) in [6, 6.07) is 7.24. The third kappa shape index (κ3) is 2.03. The smallest absolute Gasteiger partial charge is 0.146 e. The van der Waals surface area contributed by atoms with E-state index in [0.29, 0.717) is 15.7 Å². The highest BCUT2D eigenvalue weighted by Crippen LogP contribution is 2.29. The largest absolute Gasteiger partial charge is 0.382 e. The van der Waals surface area contributed by atoms with Crippen molar-refractivity contribution in [2.45, 2.75) is 0 Å². The van der Waals surface area contributed by atoms with Gasteiger partial charge >= 0.3 is 0 Å². The maximum Gasteiger partial charge on any atom is 0.146 e. The fourth-order valence-corrected chi connectivity index (χ4v) is 1.62. The summed E-state index contributed by atoms with van der Waals surface area (Å²) < 4.78 is 0. The van der Waals surface area contributed by atoms with Crippen molar-refractivity contribution >= 4 is 29.0 Å². The van der Waals surface area contributed by atoms with Crippen molar-refractivity contribution in [2.75, 3.05) is 5.73 Å². The average Bonchev–Trinajstić information content (AvgIpc) is 2.22. The molecule has 0 aliphatic heterocycles. The molecule has 15 heavy (non-hydrogen) atoms. The molecule has 0 bridgehead atoms. The van der Waals surface area contributed by atoms with Gasteiger partial charge in [-0.2, -0.15) is 0 Å². The van der Waals surface area contributed by atoms with Crippen molar-refractivity contribution < 1.29 is 0 Å². The quantitative estimate of drug-likeness (QED) is 0.833. The summed E-state index contributed by atoms with van der Waals surface area (Å²) in [5.74, 6) is 0.265. The molecule has 0 fully saturated rings. The van der Waals surface area contributed by atoms with Crippen LogP contribution in [0.2, 0.25) is 10.0 Å². The molecule has 0 amide bonds. The van der Waals surface area contributed by atoms with Gasteiger partial charge in [-0.25, -0.2) is 9.97 Å². The lowest BCUT2D eigenvalue weighted by Gasteiger charge is -2.04. The summed E-state index contributed by atoms with van der Waals surface area (Å²) in [6.45, 7) is 0. The predicted octanol–water partition coefficient (Wildman–Crippen LogP) is 3.03. The number of hydrogen-bond donors (Lipinski definition) is 1. The summed E-state index contributed by atoms with van der Waals surface area (Å²) in [5, 5.41) is 0.973. The van der Waals surface area contributed by atoms with E-state index in [2.05, 4.69) is 9.97 Å². The maximum absolute atomic E-state index is 5.99. The molecule has 2 N–H and O–H groups in total. The molecule has 0 spiro atoms. The molecular weight excluding hydrogens is 233 g/mol. The number of nitrogens with two attached hydrogens (primary N) is 1. The third-order valence-electron chi connectivity index (χ3n) is 1.91. The Balaban J connectivity index is 2.59. The van der Waals surface area contributed by atoms with Gasteiger partial charge in [0.1, 0.15) is 17.2 Å². The number of halogens is 2. The Bertz CT molecular complexity index is 500. The minimum Gasteiger partial charge on any atom is -0.382 e. The van der Waals surface area contributed by atoms with Gasteiger partial charge in [0.25, 0.3) is 0 Å². The predicted molar refractivity (Wildman–Crippen MR) is 61.9 cm³/mol. The number of nitrogens with zero attached hydrogens (tertiary/aromatic N) is 2. The van der Waals surface area contributed by atoms with E-state index in [9.17, 15) is 0 Å². The molecule has 0 atom stereocenters. The molecule has 5 heteroatoms. The Morgan fingerprint density at radius 3 is 2.67 bits per heavy atom. The van der Waals surface area contributed by atoms with Crippen molar-refractivity contribution in [3.8, 4) is 11.3 Å². The van der Waals surface area contributed by atoms with E-state index in [0.717, 1.165) is 5.56 Å². The van der Waals surface area contributed by atoms with Gasteiger partial charge in [-0.3, -0.25) is 0 Å². The van der Waals surface area contributed by atoms with Crippen LogP contribution in [0, 0.1) is 0 Å². The van der Waals surface area contributed by atoms with Crippen molar-refractivity contribution in [2.24, 2.45) is 0 Å². The first-order valence-corrected chi connectivity index (χ1v) is 4.96. The molecule has 0 unspecified atom stereocenters. The number of hydrogen-bond acceptors (Lipinski definition) is 3. The Labute approximate surface area is 96.9 Å². The van der Waals surface area contributed by atoms with Gasteiger partial charge in [0.15, 0.2) is 0 Å². The first-order valence-electron chi connectivity index (χ1n) is 4.20. The van der Waals surface area contributed by atoms with Crippen LogP contribution in [0.15, 0.2) is 30.6 Å². The normalized spacial score (nSPS) is 10.3. The summed E-state index contributed by atoms with van der Waals surface area (Å²) in [7, 11) is 0. The first kappa shape index (κ1) is 10.2. The highest BCUT2D eigenvalue weighted by Gasteiger charge is 2.08. The van der Waals surface area contributed by atoms with E-state index in [4.69, 9.17) is 28.9 Å². The molecule has 76 valence electrons. The zero-order valence-electron chi connectivity index (χ0n) is 7.61. The second-order valence-corrected chi connectivity index (χ2v) is 3.75. The van der Waals surface area contributed by atoms with Crippen LogP contribution in [0.5, 0.6) is 0 Å². The van der Waals surface area contributed by atoms with E-state index in [1.165, 1.54) is 6.33 Å². The zero-order valence-corrected chi connectivity index (χ0v) is 9.13. The Morgan fingerprint density at radius 2 is 1.93 bits per heavy atom. The van der Waals surface area contributed by atoms with Crippen molar-refractivity contribution in [1.29, 1.82) is 0 Å². The van der Waals surface area contributed by atoms with Crippen LogP contribution in [0.1, 0.15) is 0 Å². The van der Waals surface area contributed by atoms with Crippen molar-refractivity contribution in [3.63, 3.8) is 0 Å². The zero-order chi connectivity index (χ0) is 10.8. The number of aromatic nitrogens is 2. The second kappa shape index (κ2) is 4.04. The van der Waals surface area contributed by atoms with Crippen LogP contribution in [0.4, 0.5) is 5.82 Å². The first-order chi connectivity index (χ1) is 7.18. The van der Waals surface area contributed by atoms with Gasteiger partial charge < -0.3 is 5.73 Å². The van der Waals surface area contributed by atoms with Gasteiger partial charge in [0, 0.05) is 10.6 Å². The third-order valence-corrected chi connectivity index (χ3v) is 2.52. The number of rotatable bonds is 1. The molecule has 0 saturated heterocycles. The maximum atomic E-state index is 5.99. The fourth-order valence-electron chi connectivity index (χ4n) is 1.22. The molecule has 3 nitrogen and oxygen atoms in total. The van der Waals surface area contributed by atoms with E-state index in [-0.39, 0.29) is 5.82 Å². The minimum atomic E-state index is 0.265. The summed E-state index contributed by atoms with van der Waals surface area (Å²) in [4.78, 5) is 7.86. The lowest BCUT2D eigenvalue weighted by molar-refractivity contribution is 1.18. The second-order valence-electron chi connectivity index (χ2n) is 2.93. The Kier molecular flexibility index (Phi) is 2.75. The minimum absolute atomic E-state index is 0.265. The van der Waals surface area contributed by atoms with E-state index < -0.39 is 0 Å².